The van der Waals surface area contributed by atoms with Crippen LogP contribution in [-0.2, 0) is 16.2 Å². The Balaban J connectivity index is 1.27. The van der Waals surface area contributed by atoms with E-state index in [9.17, 15) is 19.2 Å². The van der Waals surface area contributed by atoms with Crippen LogP contribution in [0.5, 0.6) is 5.75 Å². The molecule has 3 aromatic rings. The Morgan fingerprint density at radius 2 is 1.85 bits per heavy atom. The minimum Gasteiger partial charge on any atom is -0.487 e. The molecular formula is C23H21N5O5S. The number of imide groups is 1. The smallest absolute Gasteiger partial charge is 0.324 e. The van der Waals surface area contributed by atoms with Gasteiger partial charge in [-0.15, -0.1) is 11.3 Å². The molecule has 5 amide bonds. The topological polar surface area (TPSA) is 130 Å². The molecule has 11 heteroatoms. The molecule has 174 valence electrons. The summed E-state index contributed by atoms with van der Waals surface area (Å²) in [6.45, 7) is 0.290. The number of rotatable bonds is 9. The molecular weight excluding hydrogens is 458 g/mol. The monoisotopic (exact) mass is 479 g/mol. The highest BCUT2D eigenvalue weighted by atomic mass is 32.1. The summed E-state index contributed by atoms with van der Waals surface area (Å²) in [6, 6.07) is 13.0. The van der Waals surface area contributed by atoms with Gasteiger partial charge in [-0.1, -0.05) is 6.07 Å². The van der Waals surface area contributed by atoms with E-state index in [0.29, 0.717) is 29.3 Å². The summed E-state index contributed by atoms with van der Waals surface area (Å²) in [5.74, 6) is -0.426. The summed E-state index contributed by atoms with van der Waals surface area (Å²) in [4.78, 5) is 53.0. The van der Waals surface area contributed by atoms with Gasteiger partial charge in [0.2, 0.25) is 11.8 Å². The Kier molecular flexibility index (Phi) is 7.13. The van der Waals surface area contributed by atoms with Crippen molar-refractivity contribution in [1.82, 2.24) is 15.2 Å². The number of carbonyl (C=O) groups is 4. The molecule has 1 aromatic heterocycles. The van der Waals surface area contributed by atoms with Crippen LogP contribution in [0.2, 0.25) is 0 Å². The van der Waals surface area contributed by atoms with E-state index in [4.69, 9.17) is 4.74 Å². The first-order valence-electron chi connectivity index (χ1n) is 10.4. The molecule has 0 saturated carbocycles. The van der Waals surface area contributed by atoms with Gasteiger partial charge in [0.25, 0.3) is 5.91 Å². The number of hydrogen-bond donors (Lipinski definition) is 3. The first kappa shape index (κ1) is 22.9. The number of aromatic nitrogens is 1. The fraction of sp³-hybridized carbons (Fsp3) is 0.174. The van der Waals surface area contributed by atoms with Crippen molar-refractivity contribution in [2.45, 2.75) is 13.0 Å². The summed E-state index contributed by atoms with van der Waals surface area (Å²) >= 11 is 1.49. The van der Waals surface area contributed by atoms with Crippen molar-refractivity contribution < 1.29 is 23.9 Å². The molecule has 4 rings (SSSR count). The molecule has 0 atom stereocenters. The number of carbonyl (C=O) groups excluding carboxylic acids is 4. The zero-order chi connectivity index (χ0) is 23.9. The third kappa shape index (κ3) is 5.95. The van der Waals surface area contributed by atoms with Crippen LogP contribution in [0.15, 0.2) is 59.4 Å². The van der Waals surface area contributed by atoms with Crippen LogP contribution in [0, 0.1) is 0 Å². The lowest BCUT2D eigenvalue weighted by Gasteiger charge is -2.12. The number of amides is 5. The molecule has 1 aliphatic heterocycles. The molecule has 0 radical (unpaired) electrons. The maximum atomic E-state index is 12.6. The predicted octanol–water partition coefficient (Wildman–Crippen LogP) is 2.85. The van der Waals surface area contributed by atoms with Gasteiger partial charge in [-0.25, -0.2) is 9.78 Å². The van der Waals surface area contributed by atoms with Crippen molar-refractivity contribution in [2.75, 3.05) is 23.7 Å². The average molecular weight is 480 g/mol. The van der Waals surface area contributed by atoms with Crippen LogP contribution in [0.3, 0.4) is 0 Å². The van der Waals surface area contributed by atoms with Gasteiger partial charge in [0.15, 0.2) is 0 Å². The summed E-state index contributed by atoms with van der Waals surface area (Å²) in [5, 5.41) is 9.80. The van der Waals surface area contributed by atoms with E-state index in [1.807, 2.05) is 5.38 Å². The van der Waals surface area contributed by atoms with E-state index >= 15 is 0 Å². The van der Waals surface area contributed by atoms with E-state index in [2.05, 4.69) is 20.9 Å². The third-order valence-corrected chi connectivity index (χ3v) is 5.53. The van der Waals surface area contributed by atoms with Gasteiger partial charge in [0.1, 0.15) is 12.4 Å². The minimum absolute atomic E-state index is 0.0111. The number of hydrogen-bond acceptors (Lipinski definition) is 7. The SMILES string of the molecule is O=C(CCN1C(=O)CNC1=O)Nc1ccc(NC(=O)c2cccc(OCc3cscn3)c2)cc1. The fourth-order valence-electron chi connectivity index (χ4n) is 3.15. The Bertz CT molecular complexity index is 1180. The molecule has 0 unspecified atom stereocenters. The predicted molar refractivity (Wildman–Crippen MR) is 126 cm³/mol. The molecule has 1 aliphatic rings. The quantitative estimate of drug-likeness (QED) is 0.405. The highest BCUT2D eigenvalue weighted by molar-refractivity contribution is 7.07. The van der Waals surface area contributed by atoms with Gasteiger partial charge in [-0.2, -0.15) is 0 Å². The van der Waals surface area contributed by atoms with Crippen molar-refractivity contribution in [3.05, 3.63) is 70.7 Å². The van der Waals surface area contributed by atoms with Crippen molar-refractivity contribution in [2.24, 2.45) is 0 Å². The lowest BCUT2D eigenvalue weighted by atomic mass is 10.2. The Morgan fingerprint density at radius 1 is 1.09 bits per heavy atom. The summed E-state index contributed by atoms with van der Waals surface area (Å²) in [6.07, 6.45) is -0.0153. The molecule has 34 heavy (non-hydrogen) atoms. The van der Waals surface area contributed by atoms with Crippen LogP contribution in [-0.4, -0.2) is 46.7 Å². The zero-order valence-electron chi connectivity index (χ0n) is 17.9. The number of nitrogens with zero attached hydrogens (tertiary/aromatic N) is 2. The lowest BCUT2D eigenvalue weighted by molar-refractivity contribution is -0.125. The van der Waals surface area contributed by atoms with Gasteiger partial charge in [-0.3, -0.25) is 19.3 Å². The van der Waals surface area contributed by atoms with Crippen LogP contribution >= 0.6 is 11.3 Å². The number of urea groups is 1. The van der Waals surface area contributed by atoms with E-state index in [1.54, 1.807) is 54.0 Å². The fourth-order valence-corrected chi connectivity index (χ4v) is 3.69. The summed E-state index contributed by atoms with van der Waals surface area (Å²) in [7, 11) is 0. The number of anilines is 2. The van der Waals surface area contributed by atoms with Gasteiger partial charge in [-0.05, 0) is 42.5 Å². The largest absolute Gasteiger partial charge is 0.487 e. The van der Waals surface area contributed by atoms with E-state index in [0.717, 1.165) is 10.6 Å². The van der Waals surface area contributed by atoms with E-state index < -0.39 is 6.03 Å². The molecule has 2 heterocycles. The first-order valence-corrected chi connectivity index (χ1v) is 11.3. The molecule has 0 aliphatic carbocycles. The number of ether oxygens (including phenoxy) is 1. The molecule has 0 bridgehead atoms. The molecule has 0 spiro atoms. The molecule has 10 nitrogen and oxygen atoms in total. The maximum Gasteiger partial charge on any atom is 0.324 e. The standard InChI is InChI=1S/C23H21N5O5S/c29-20(8-9-28-21(30)11-24-23(28)32)26-16-4-6-17(7-5-16)27-22(31)15-2-1-3-19(10-15)33-12-18-13-34-14-25-18/h1-7,10,13-14H,8-9,11-12H2,(H,24,32)(H,26,29)(H,27,31). The number of benzene rings is 2. The van der Waals surface area contributed by atoms with Crippen molar-refractivity contribution >= 4 is 46.5 Å². The van der Waals surface area contributed by atoms with Gasteiger partial charge in [0.05, 0.1) is 17.7 Å². The van der Waals surface area contributed by atoms with Crippen molar-refractivity contribution in [3.8, 4) is 5.75 Å². The van der Waals surface area contributed by atoms with Crippen LogP contribution in [0.4, 0.5) is 16.2 Å². The normalized spacial score (nSPS) is 12.9. The number of nitrogens with one attached hydrogen (secondary N) is 3. The van der Waals surface area contributed by atoms with Crippen molar-refractivity contribution in [3.63, 3.8) is 0 Å². The molecule has 2 aromatic carbocycles. The Labute approximate surface area is 198 Å². The Morgan fingerprint density at radius 3 is 2.53 bits per heavy atom. The van der Waals surface area contributed by atoms with Crippen molar-refractivity contribution in [1.29, 1.82) is 0 Å². The second-order valence-electron chi connectivity index (χ2n) is 7.33. The van der Waals surface area contributed by atoms with Crippen LogP contribution in [0.25, 0.3) is 0 Å². The summed E-state index contributed by atoms with van der Waals surface area (Å²) < 4.78 is 5.69. The number of thiazole rings is 1. The Hall–Kier alpha value is -4.25. The van der Waals surface area contributed by atoms with Crippen LogP contribution < -0.4 is 20.7 Å². The maximum absolute atomic E-state index is 12.6. The lowest BCUT2D eigenvalue weighted by Crippen LogP contribution is -2.33. The molecule has 1 fully saturated rings. The molecule has 3 N–H and O–H groups in total. The van der Waals surface area contributed by atoms with Gasteiger partial charge < -0.3 is 20.7 Å². The van der Waals surface area contributed by atoms with Gasteiger partial charge >= 0.3 is 6.03 Å². The van der Waals surface area contributed by atoms with E-state index in [1.165, 1.54) is 11.3 Å². The average Bonchev–Trinajstić information content (AvgIpc) is 3.47. The highest BCUT2D eigenvalue weighted by Crippen LogP contribution is 2.18. The first-order chi connectivity index (χ1) is 16.5. The van der Waals surface area contributed by atoms with E-state index in [-0.39, 0.29) is 37.2 Å². The molecule has 1 saturated heterocycles. The third-order valence-electron chi connectivity index (χ3n) is 4.89. The highest BCUT2D eigenvalue weighted by Gasteiger charge is 2.28. The van der Waals surface area contributed by atoms with Gasteiger partial charge in [0, 0.05) is 35.3 Å². The van der Waals surface area contributed by atoms with Crippen LogP contribution in [0.1, 0.15) is 22.5 Å². The zero-order valence-corrected chi connectivity index (χ0v) is 18.8. The second kappa shape index (κ2) is 10.6. The summed E-state index contributed by atoms with van der Waals surface area (Å²) in [5.41, 5.74) is 4.07. The minimum atomic E-state index is -0.491. The second-order valence-corrected chi connectivity index (χ2v) is 8.05.